The molecule has 2 fully saturated rings. The molecule has 1 saturated carbocycles. The van der Waals surface area contributed by atoms with E-state index in [0.29, 0.717) is 11.2 Å². The minimum absolute atomic E-state index is 0.0730. The summed E-state index contributed by atoms with van der Waals surface area (Å²) in [7, 11) is 0. The summed E-state index contributed by atoms with van der Waals surface area (Å²) in [4.78, 5) is 25.0. The molecule has 20 heavy (non-hydrogen) atoms. The van der Waals surface area contributed by atoms with E-state index < -0.39 is 12.0 Å². The maximum absolute atomic E-state index is 12.3. The number of nitrogens with zero attached hydrogens (tertiary/aromatic N) is 1. The minimum Gasteiger partial charge on any atom is -0.480 e. The fraction of sp³-hybridized carbons (Fsp3) is 0.857. The van der Waals surface area contributed by atoms with E-state index in [1.54, 1.807) is 0 Å². The number of carbonyl (C=O) groups excluding carboxylic acids is 1. The number of nitrogens with one attached hydrogen (secondary N) is 1. The number of aliphatic carboxylic acids is 1. The second-order valence-corrected chi connectivity index (χ2v) is 7.93. The summed E-state index contributed by atoms with van der Waals surface area (Å²) in [5.41, 5.74) is 0.363. The Morgan fingerprint density at radius 1 is 1.30 bits per heavy atom. The molecular weight excluding hydrogens is 276 g/mol. The van der Waals surface area contributed by atoms with Crippen LogP contribution in [-0.4, -0.2) is 45.2 Å². The Hall–Kier alpha value is -0.910. The molecule has 1 heterocycles. The predicted octanol–water partition coefficient (Wildman–Crippen LogP) is 2.51. The summed E-state index contributed by atoms with van der Waals surface area (Å²) >= 11 is 1.52. The highest BCUT2D eigenvalue weighted by molar-refractivity contribution is 8.00. The first-order chi connectivity index (χ1) is 9.30. The molecule has 0 aromatic carbocycles. The number of thioether (sulfide) groups is 1. The molecule has 5 nitrogen and oxygen atoms in total. The van der Waals surface area contributed by atoms with Crippen molar-refractivity contribution in [2.75, 3.05) is 5.75 Å². The third kappa shape index (κ3) is 3.40. The molecule has 2 unspecified atom stereocenters. The standard InChI is InChI=1S/C14H24N2O3S/c1-9-16(11(8-20-9)12(17)18)13(19)15-10-4-6-14(2,3)7-5-10/h9-11H,4-8H2,1-3H3,(H,15,19)(H,17,18). The van der Waals surface area contributed by atoms with Crippen molar-refractivity contribution in [2.45, 2.75) is 63.9 Å². The zero-order valence-corrected chi connectivity index (χ0v) is 13.2. The zero-order valence-electron chi connectivity index (χ0n) is 12.4. The molecule has 0 aromatic rings. The van der Waals surface area contributed by atoms with Gasteiger partial charge in [0.05, 0.1) is 5.37 Å². The van der Waals surface area contributed by atoms with Gasteiger partial charge in [-0.3, -0.25) is 4.90 Å². The van der Waals surface area contributed by atoms with Gasteiger partial charge in [0.2, 0.25) is 0 Å². The van der Waals surface area contributed by atoms with E-state index in [1.165, 1.54) is 16.7 Å². The molecular formula is C14H24N2O3S. The van der Waals surface area contributed by atoms with Gasteiger partial charge in [-0.1, -0.05) is 13.8 Å². The lowest BCUT2D eigenvalue weighted by molar-refractivity contribution is -0.141. The predicted molar refractivity (Wildman–Crippen MR) is 79.8 cm³/mol. The molecule has 114 valence electrons. The van der Waals surface area contributed by atoms with Crippen LogP contribution >= 0.6 is 11.8 Å². The van der Waals surface area contributed by atoms with Gasteiger partial charge in [-0.15, -0.1) is 11.8 Å². The SMILES string of the molecule is CC1SCC(C(=O)O)N1C(=O)NC1CCC(C)(C)CC1. The monoisotopic (exact) mass is 300 g/mol. The van der Waals surface area contributed by atoms with Crippen LogP contribution in [0.25, 0.3) is 0 Å². The van der Waals surface area contributed by atoms with Crippen LogP contribution in [0.15, 0.2) is 0 Å². The number of carboxylic acids is 1. The molecule has 6 heteroatoms. The maximum Gasteiger partial charge on any atom is 0.327 e. The van der Waals surface area contributed by atoms with Crippen LogP contribution in [-0.2, 0) is 4.79 Å². The highest BCUT2D eigenvalue weighted by Gasteiger charge is 2.40. The van der Waals surface area contributed by atoms with Crippen LogP contribution < -0.4 is 5.32 Å². The molecule has 1 aliphatic heterocycles. The van der Waals surface area contributed by atoms with Crippen LogP contribution in [0.1, 0.15) is 46.5 Å². The largest absolute Gasteiger partial charge is 0.480 e. The third-order valence-corrected chi connectivity index (χ3v) is 5.63. The Balaban J connectivity index is 1.93. The highest BCUT2D eigenvalue weighted by atomic mass is 32.2. The first-order valence-corrected chi connectivity index (χ1v) is 8.28. The van der Waals surface area contributed by atoms with Crippen LogP contribution in [0.3, 0.4) is 0 Å². The Morgan fingerprint density at radius 2 is 1.90 bits per heavy atom. The molecule has 2 amide bonds. The van der Waals surface area contributed by atoms with E-state index in [4.69, 9.17) is 0 Å². The lowest BCUT2D eigenvalue weighted by Gasteiger charge is -2.36. The topological polar surface area (TPSA) is 69.6 Å². The summed E-state index contributed by atoms with van der Waals surface area (Å²) in [6.07, 6.45) is 4.16. The fourth-order valence-corrected chi connectivity index (χ4v) is 4.10. The quantitative estimate of drug-likeness (QED) is 0.822. The summed E-state index contributed by atoms with van der Waals surface area (Å²) in [6, 6.07) is -0.739. The molecule has 2 aliphatic rings. The molecule has 2 rings (SSSR count). The Kier molecular flexibility index (Phi) is 4.52. The van der Waals surface area contributed by atoms with Crippen LogP contribution in [0.2, 0.25) is 0 Å². The zero-order chi connectivity index (χ0) is 14.9. The van der Waals surface area contributed by atoms with Gasteiger partial charge in [0.15, 0.2) is 0 Å². The molecule has 0 bridgehead atoms. The summed E-state index contributed by atoms with van der Waals surface area (Å²) in [5.74, 6) is -0.441. The van der Waals surface area contributed by atoms with E-state index >= 15 is 0 Å². The number of carboxylic acid groups (broad SMARTS) is 1. The maximum atomic E-state index is 12.3. The lowest BCUT2D eigenvalue weighted by Crippen LogP contribution is -2.52. The average molecular weight is 300 g/mol. The number of urea groups is 1. The van der Waals surface area contributed by atoms with Gasteiger partial charge in [-0.25, -0.2) is 9.59 Å². The second-order valence-electron chi connectivity index (χ2n) is 6.58. The Morgan fingerprint density at radius 3 is 2.45 bits per heavy atom. The van der Waals surface area contributed by atoms with E-state index in [-0.39, 0.29) is 17.4 Å². The van der Waals surface area contributed by atoms with Crippen molar-refractivity contribution < 1.29 is 14.7 Å². The van der Waals surface area contributed by atoms with Crippen LogP contribution in [0.4, 0.5) is 4.79 Å². The Bertz CT molecular complexity index is 390. The normalized spacial score (nSPS) is 30.2. The smallest absolute Gasteiger partial charge is 0.327 e. The van der Waals surface area contributed by atoms with Crippen molar-refractivity contribution in [3.63, 3.8) is 0 Å². The fourth-order valence-electron chi connectivity index (χ4n) is 2.93. The van der Waals surface area contributed by atoms with Crippen molar-refractivity contribution in [1.82, 2.24) is 10.2 Å². The highest BCUT2D eigenvalue weighted by Crippen LogP contribution is 2.35. The van der Waals surface area contributed by atoms with E-state index in [0.717, 1.165) is 25.7 Å². The van der Waals surface area contributed by atoms with Crippen molar-refractivity contribution in [3.8, 4) is 0 Å². The Labute approximate surface area is 124 Å². The van der Waals surface area contributed by atoms with Gasteiger partial charge >= 0.3 is 12.0 Å². The number of amides is 2. The second kappa shape index (κ2) is 5.84. The molecule has 2 atom stereocenters. The first-order valence-electron chi connectivity index (χ1n) is 7.23. The summed E-state index contributed by atoms with van der Waals surface area (Å²) in [5, 5.41) is 12.1. The van der Waals surface area contributed by atoms with Crippen molar-refractivity contribution in [1.29, 1.82) is 0 Å². The van der Waals surface area contributed by atoms with Gasteiger partial charge in [0, 0.05) is 11.8 Å². The van der Waals surface area contributed by atoms with Gasteiger partial charge in [0.25, 0.3) is 0 Å². The molecule has 0 radical (unpaired) electrons. The van der Waals surface area contributed by atoms with Crippen LogP contribution in [0.5, 0.6) is 0 Å². The van der Waals surface area contributed by atoms with E-state index in [1.807, 2.05) is 6.92 Å². The molecule has 0 aromatic heterocycles. The third-order valence-electron chi connectivity index (χ3n) is 4.41. The van der Waals surface area contributed by atoms with Crippen LogP contribution in [0, 0.1) is 5.41 Å². The van der Waals surface area contributed by atoms with Gasteiger partial charge in [-0.2, -0.15) is 0 Å². The minimum atomic E-state index is -0.915. The number of rotatable bonds is 2. The van der Waals surface area contributed by atoms with Crippen molar-refractivity contribution in [2.24, 2.45) is 5.41 Å². The van der Waals surface area contributed by atoms with Crippen molar-refractivity contribution >= 4 is 23.8 Å². The molecule has 1 aliphatic carbocycles. The summed E-state index contributed by atoms with van der Waals surface area (Å²) < 4.78 is 0. The molecule has 0 spiro atoms. The molecule has 2 N–H and O–H groups in total. The van der Waals surface area contributed by atoms with Gasteiger partial charge < -0.3 is 10.4 Å². The van der Waals surface area contributed by atoms with E-state index in [9.17, 15) is 14.7 Å². The average Bonchev–Trinajstić information content (AvgIpc) is 2.74. The van der Waals surface area contributed by atoms with Gasteiger partial charge in [0.1, 0.15) is 6.04 Å². The van der Waals surface area contributed by atoms with Gasteiger partial charge in [-0.05, 0) is 38.0 Å². The first kappa shape index (κ1) is 15.5. The number of hydrogen-bond acceptors (Lipinski definition) is 3. The van der Waals surface area contributed by atoms with E-state index in [2.05, 4.69) is 19.2 Å². The lowest BCUT2D eigenvalue weighted by atomic mass is 9.75. The number of hydrogen-bond donors (Lipinski definition) is 2. The molecule has 1 saturated heterocycles. The van der Waals surface area contributed by atoms with Crippen molar-refractivity contribution in [3.05, 3.63) is 0 Å². The summed E-state index contributed by atoms with van der Waals surface area (Å²) in [6.45, 7) is 6.40. The number of carbonyl (C=O) groups is 2.